The molecule has 0 unspecified atom stereocenters. The fraction of sp³-hybridized carbons (Fsp3) is 0.292. The summed E-state index contributed by atoms with van der Waals surface area (Å²) in [5, 5.41) is 3.57. The van der Waals surface area contributed by atoms with Crippen LogP contribution in [0, 0.1) is 5.82 Å². The quantitative estimate of drug-likeness (QED) is 0.467. The molecule has 0 bridgehead atoms. The van der Waals surface area contributed by atoms with Gasteiger partial charge in [-0.2, -0.15) is 0 Å². The molecule has 0 radical (unpaired) electrons. The maximum Gasteiger partial charge on any atom is 0.265 e. The van der Waals surface area contributed by atoms with E-state index in [0.29, 0.717) is 41.5 Å². The molecule has 2 aromatic carbocycles. The second-order valence-corrected chi connectivity index (χ2v) is 11.8. The van der Waals surface area contributed by atoms with Crippen LogP contribution in [0.2, 0.25) is 5.02 Å². The molecule has 184 valence electrons. The Bertz CT molecular complexity index is 1370. The third-order valence-electron chi connectivity index (χ3n) is 5.74. The molecule has 11 heteroatoms. The number of carbonyl (C=O) groups is 2. The van der Waals surface area contributed by atoms with Gasteiger partial charge in [0.05, 0.1) is 22.8 Å². The van der Waals surface area contributed by atoms with E-state index in [1.807, 2.05) is 24.3 Å². The average molecular weight is 536 g/mol. The Hall–Kier alpha value is -2.82. The van der Waals surface area contributed by atoms with Crippen LogP contribution in [-0.2, 0) is 33.9 Å². The molecule has 0 saturated carbocycles. The van der Waals surface area contributed by atoms with Gasteiger partial charge >= 0.3 is 0 Å². The summed E-state index contributed by atoms with van der Waals surface area (Å²) in [5.74, 6) is -1.54. The van der Waals surface area contributed by atoms with E-state index in [1.165, 1.54) is 19.1 Å². The largest absolute Gasteiger partial charge is 0.337 e. The highest BCUT2D eigenvalue weighted by Gasteiger charge is 2.28. The van der Waals surface area contributed by atoms with Gasteiger partial charge in [-0.1, -0.05) is 48.1 Å². The van der Waals surface area contributed by atoms with Gasteiger partial charge in [-0.3, -0.25) is 9.59 Å². The summed E-state index contributed by atoms with van der Waals surface area (Å²) in [7, 11) is -3.54. The van der Waals surface area contributed by atoms with Crippen molar-refractivity contribution in [1.29, 1.82) is 0 Å². The van der Waals surface area contributed by atoms with Crippen molar-refractivity contribution in [2.45, 2.75) is 31.1 Å². The van der Waals surface area contributed by atoms with Gasteiger partial charge in [-0.05, 0) is 41.8 Å². The number of halogens is 2. The molecule has 0 fully saturated rings. The molecule has 2 heterocycles. The lowest BCUT2D eigenvalue weighted by atomic mass is 10.1. The highest BCUT2D eigenvalue weighted by Crippen LogP contribution is 2.29. The molecular formula is C24H23ClFN3O4S2. The lowest BCUT2D eigenvalue weighted by molar-refractivity contribution is -0.115. The average Bonchev–Trinajstić information content (AvgIpc) is 3.24. The maximum atomic E-state index is 14.4. The van der Waals surface area contributed by atoms with Gasteiger partial charge in [0.2, 0.25) is 5.91 Å². The van der Waals surface area contributed by atoms with E-state index in [9.17, 15) is 22.4 Å². The molecule has 1 aromatic heterocycles. The van der Waals surface area contributed by atoms with E-state index in [-0.39, 0.29) is 33.7 Å². The summed E-state index contributed by atoms with van der Waals surface area (Å²) in [6, 6.07) is 11.0. The standard InChI is InChI=1S/C24H23ClFN3O4S2/c1-2-35(32,33)18-8-5-16(19(26)14-18)13-21(30)28-24-27-20-10-12-29(23(31)22(20)34-24)11-9-15-3-6-17(25)7-4-15/h3-8,14H,2,9-13H2,1H3,(H,27,28,30). The van der Waals surface area contributed by atoms with Crippen molar-refractivity contribution >= 4 is 49.7 Å². The highest BCUT2D eigenvalue weighted by molar-refractivity contribution is 7.91. The number of amides is 2. The number of fused-ring (bicyclic) bond motifs is 1. The Kier molecular flexibility index (Phi) is 7.53. The topological polar surface area (TPSA) is 96.4 Å². The Labute approximate surface area is 211 Å². The molecule has 7 nitrogen and oxygen atoms in total. The lowest BCUT2D eigenvalue weighted by Crippen LogP contribution is -2.38. The first-order chi connectivity index (χ1) is 16.7. The van der Waals surface area contributed by atoms with E-state index >= 15 is 0 Å². The van der Waals surface area contributed by atoms with Gasteiger partial charge in [0.1, 0.15) is 10.7 Å². The van der Waals surface area contributed by atoms with Crippen LogP contribution in [-0.4, -0.2) is 49.0 Å². The van der Waals surface area contributed by atoms with E-state index in [4.69, 9.17) is 11.6 Å². The minimum Gasteiger partial charge on any atom is -0.337 e. The minimum absolute atomic E-state index is 0.0725. The van der Waals surface area contributed by atoms with Crippen molar-refractivity contribution in [3.05, 3.63) is 75.0 Å². The number of benzene rings is 2. The summed E-state index contributed by atoms with van der Waals surface area (Å²) in [5.41, 5.74) is 1.79. The molecule has 0 aliphatic carbocycles. The zero-order valence-electron chi connectivity index (χ0n) is 18.9. The number of sulfone groups is 1. The molecule has 0 spiro atoms. The molecular weight excluding hydrogens is 513 g/mol. The second-order valence-electron chi connectivity index (χ2n) is 8.10. The first-order valence-corrected chi connectivity index (χ1v) is 13.9. The second kappa shape index (κ2) is 10.4. The molecule has 4 rings (SSSR count). The molecule has 35 heavy (non-hydrogen) atoms. The number of rotatable bonds is 8. The van der Waals surface area contributed by atoms with Crippen LogP contribution in [0.3, 0.4) is 0 Å². The van der Waals surface area contributed by atoms with E-state index in [1.54, 1.807) is 4.90 Å². The monoisotopic (exact) mass is 535 g/mol. The van der Waals surface area contributed by atoms with Gasteiger partial charge < -0.3 is 10.2 Å². The maximum absolute atomic E-state index is 14.4. The first kappa shape index (κ1) is 25.3. The Morgan fingerprint density at radius 1 is 1.23 bits per heavy atom. The summed E-state index contributed by atoms with van der Waals surface area (Å²) < 4.78 is 38.2. The first-order valence-electron chi connectivity index (χ1n) is 11.0. The third-order valence-corrected chi connectivity index (χ3v) is 8.73. The normalized spacial score (nSPS) is 13.6. The van der Waals surface area contributed by atoms with Crippen LogP contribution < -0.4 is 5.32 Å². The predicted molar refractivity (Wildman–Crippen MR) is 133 cm³/mol. The fourth-order valence-corrected chi connectivity index (χ4v) is 5.74. The number of hydrogen-bond acceptors (Lipinski definition) is 6. The molecule has 1 aliphatic rings. The number of thiazole rings is 1. The van der Waals surface area contributed by atoms with Gasteiger partial charge in [0.25, 0.3) is 5.91 Å². The van der Waals surface area contributed by atoms with Crippen molar-refractivity contribution < 1.29 is 22.4 Å². The SMILES string of the molecule is CCS(=O)(=O)c1ccc(CC(=O)Nc2nc3c(s2)C(=O)N(CCc2ccc(Cl)cc2)CC3)c(F)c1. The van der Waals surface area contributed by atoms with Crippen molar-refractivity contribution in [2.24, 2.45) is 0 Å². The Morgan fingerprint density at radius 3 is 2.66 bits per heavy atom. The van der Waals surface area contributed by atoms with E-state index in [2.05, 4.69) is 10.3 Å². The molecule has 1 aliphatic heterocycles. The van der Waals surface area contributed by atoms with E-state index in [0.717, 1.165) is 23.0 Å². The number of nitrogens with one attached hydrogen (secondary N) is 1. The van der Waals surface area contributed by atoms with Gasteiger partial charge in [-0.15, -0.1) is 0 Å². The van der Waals surface area contributed by atoms with Crippen LogP contribution >= 0.6 is 22.9 Å². The minimum atomic E-state index is -3.54. The third kappa shape index (κ3) is 5.88. The molecule has 0 saturated heterocycles. The van der Waals surface area contributed by atoms with Gasteiger partial charge in [-0.25, -0.2) is 17.8 Å². The lowest BCUT2D eigenvalue weighted by Gasteiger charge is -2.25. The fourth-order valence-electron chi connectivity index (χ4n) is 3.72. The van der Waals surface area contributed by atoms with Crippen LogP contribution in [0.1, 0.15) is 33.4 Å². The number of aromatic nitrogens is 1. The smallest absolute Gasteiger partial charge is 0.265 e. The van der Waals surface area contributed by atoms with Crippen molar-refractivity contribution in [1.82, 2.24) is 9.88 Å². The summed E-state index contributed by atoms with van der Waals surface area (Å²) in [6.07, 6.45) is 0.990. The summed E-state index contributed by atoms with van der Waals surface area (Å²) in [4.78, 5) is 31.9. The van der Waals surface area contributed by atoms with Crippen molar-refractivity contribution in [2.75, 3.05) is 24.2 Å². The summed E-state index contributed by atoms with van der Waals surface area (Å²) >= 11 is 7.02. The van der Waals surface area contributed by atoms with Crippen molar-refractivity contribution in [3.63, 3.8) is 0 Å². The number of anilines is 1. The van der Waals surface area contributed by atoms with Gasteiger partial charge in [0, 0.05) is 24.5 Å². The Morgan fingerprint density at radius 2 is 1.97 bits per heavy atom. The van der Waals surface area contributed by atoms with Crippen molar-refractivity contribution in [3.8, 4) is 0 Å². The van der Waals surface area contributed by atoms with Gasteiger partial charge in [0.15, 0.2) is 15.0 Å². The Balaban J connectivity index is 1.38. The number of carbonyl (C=O) groups excluding carboxylic acids is 2. The zero-order valence-corrected chi connectivity index (χ0v) is 21.3. The summed E-state index contributed by atoms with van der Waals surface area (Å²) in [6.45, 7) is 2.57. The predicted octanol–water partition coefficient (Wildman–Crippen LogP) is 4.15. The zero-order chi connectivity index (χ0) is 25.2. The van der Waals surface area contributed by atoms with E-state index < -0.39 is 21.6 Å². The van der Waals surface area contributed by atoms with Crippen LogP contribution in [0.5, 0.6) is 0 Å². The molecule has 2 amide bonds. The molecule has 0 atom stereocenters. The highest BCUT2D eigenvalue weighted by atomic mass is 35.5. The molecule has 3 aromatic rings. The van der Waals surface area contributed by atoms with Crippen LogP contribution in [0.15, 0.2) is 47.4 Å². The molecule has 1 N–H and O–H groups in total. The number of nitrogens with zero attached hydrogens (tertiary/aromatic N) is 2. The van der Waals surface area contributed by atoms with Crippen LogP contribution in [0.25, 0.3) is 0 Å². The number of hydrogen-bond donors (Lipinski definition) is 1. The van der Waals surface area contributed by atoms with Crippen LogP contribution in [0.4, 0.5) is 9.52 Å².